The summed E-state index contributed by atoms with van der Waals surface area (Å²) in [5.74, 6) is 0. The predicted octanol–water partition coefficient (Wildman–Crippen LogP) is 2.08. The van der Waals surface area contributed by atoms with Gasteiger partial charge >= 0.3 is 0 Å². The van der Waals surface area contributed by atoms with Crippen LogP contribution in [0, 0.1) is 0 Å². The molecule has 1 N–H and O–H groups in total. The van der Waals surface area contributed by atoms with Gasteiger partial charge in [0.05, 0.1) is 12.3 Å². The van der Waals surface area contributed by atoms with E-state index in [1.165, 1.54) is 11.8 Å². The standard InChI is InChI=1S/C11H11N3OS/c1-8(15)9-2-3-10(14-6-9)16-11-7-12-4-5-13-11/h2-8,15H,1H3/t8-/m0/s1. The van der Waals surface area contributed by atoms with E-state index in [4.69, 9.17) is 0 Å². The summed E-state index contributed by atoms with van der Waals surface area (Å²) in [5.41, 5.74) is 0.809. The van der Waals surface area contributed by atoms with E-state index in [1.807, 2.05) is 12.1 Å². The number of hydrogen-bond donors (Lipinski definition) is 1. The lowest BCUT2D eigenvalue weighted by Crippen LogP contribution is -1.92. The molecule has 0 saturated heterocycles. The first-order chi connectivity index (χ1) is 7.75. The fourth-order valence-corrected chi connectivity index (χ4v) is 1.83. The van der Waals surface area contributed by atoms with Crippen LogP contribution in [0.2, 0.25) is 0 Å². The van der Waals surface area contributed by atoms with Gasteiger partial charge in [0.15, 0.2) is 0 Å². The van der Waals surface area contributed by atoms with Gasteiger partial charge in [-0.2, -0.15) is 0 Å². The van der Waals surface area contributed by atoms with Crippen molar-refractivity contribution in [1.82, 2.24) is 15.0 Å². The first kappa shape index (κ1) is 11.0. The van der Waals surface area contributed by atoms with Crippen molar-refractivity contribution in [3.05, 3.63) is 42.5 Å². The van der Waals surface area contributed by atoms with Crippen LogP contribution in [0.4, 0.5) is 0 Å². The van der Waals surface area contributed by atoms with Gasteiger partial charge in [0.25, 0.3) is 0 Å². The lowest BCUT2D eigenvalue weighted by atomic mass is 10.2. The Morgan fingerprint density at radius 3 is 2.56 bits per heavy atom. The molecule has 0 aliphatic rings. The molecule has 4 nitrogen and oxygen atoms in total. The van der Waals surface area contributed by atoms with E-state index in [0.717, 1.165) is 15.6 Å². The van der Waals surface area contributed by atoms with Crippen LogP contribution >= 0.6 is 11.8 Å². The molecule has 2 rings (SSSR count). The highest BCUT2D eigenvalue weighted by atomic mass is 32.2. The number of rotatable bonds is 3. The second-order valence-corrected chi connectivity index (χ2v) is 4.29. The Hall–Kier alpha value is -1.46. The predicted molar refractivity (Wildman–Crippen MR) is 61.0 cm³/mol. The van der Waals surface area contributed by atoms with Gasteiger partial charge in [0.1, 0.15) is 10.1 Å². The van der Waals surface area contributed by atoms with E-state index in [0.29, 0.717) is 0 Å². The molecule has 2 aromatic rings. The first-order valence-electron chi connectivity index (χ1n) is 4.83. The quantitative estimate of drug-likeness (QED) is 0.879. The van der Waals surface area contributed by atoms with Gasteiger partial charge in [0.2, 0.25) is 0 Å². The van der Waals surface area contributed by atoms with E-state index < -0.39 is 6.10 Å². The lowest BCUT2D eigenvalue weighted by molar-refractivity contribution is 0.198. The van der Waals surface area contributed by atoms with Crippen molar-refractivity contribution in [3.8, 4) is 0 Å². The van der Waals surface area contributed by atoms with E-state index >= 15 is 0 Å². The van der Waals surface area contributed by atoms with Gasteiger partial charge in [0, 0.05) is 18.6 Å². The number of aliphatic hydroxyl groups is 1. The normalized spacial score (nSPS) is 12.4. The molecule has 0 aliphatic heterocycles. The Kier molecular flexibility index (Phi) is 3.48. The van der Waals surface area contributed by atoms with E-state index in [-0.39, 0.29) is 0 Å². The minimum Gasteiger partial charge on any atom is -0.389 e. The Balaban J connectivity index is 2.11. The van der Waals surface area contributed by atoms with E-state index in [1.54, 1.807) is 31.7 Å². The molecule has 1 atom stereocenters. The Morgan fingerprint density at radius 2 is 2.00 bits per heavy atom. The second-order valence-electron chi connectivity index (χ2n) is 3.25. The van der Waals surface area contributed by atoms with Gasteiger partial charge in [-0.1, -0.05) is 6.07 Å². The highest BCUT2D eigenvalue weighted by molar-refractivity contribution is 7.99. The third-order valence-corrected chi connectivity index (χ3v) is 2.86. The summed E-state index contributed by atoms with van der Waals surface area (Å²) >= 11 is 1.44. The van der Waals surface area contributed by atoms with Crippen LogP contribution in [0.3, 0.4) is 0 Å². The Bertz CT molecular complexity index is 445. The number of pyridine rings is 1. The third-order valence-electron chi connectivity index (χ3n) is 1.99. The second kappa shape index (κ2) is 5.05. The van der Waals surface area contributed by atoms with Gasteiger partial charge in [-0.15, -0.1) is 0 Å². The van der Waals surface area contributed by atoms with Crippen LogP contribution < -0.4 is 0 Å². The highest BCUT2D eigenvalue weighted by Crippen LogP contribution is 2.23. The van der Waals surface area contributed by atoms with Crippen molar-refractivity contribution in [3.63, 3.8) is 0 Å². The minimum absolute atomic E-state index is 0.483. The van der Waals surface area contributed by atoms with Crippen LogP contribution in [0.1, 0.15) is 18.6 Å². The summed E-state index contributed by atoms with van der Waals surface area (Å²) in [4.78, 5) is 12.3. The maximum absolute atomic E-state index is 9.34. The number of hydrogen-bond acceptors (Lipinski definition) is 5. The molecule has 0 spiro atoms. The van der Waals surface area contributed by atoms with Crippen molar-refractivity contribution in [2.75, 3.05) is 0 Å². The molecule has 0 aromatic carbocycles. The molecule has 0 amide bonds. The minimum atomic E-state index is -0.483. The third kappa shape index (κ3) is 2.77. The molecule has 0 bridgehead atoms. The van der Waals surface area contributed by atoms with Gasteiger partial charge in [-0.25, -0.2) is 9.97 Å². The zero-order valence-corrected chi connectivity index (χ0v) is 9.56. The maximum Gasteiger partial charge on any atom is 0.121 e. The smallest absolute Gasteiger partial charge is 0.121 e. The fraction of sp³-hybridized carbons (Fsp3) is 0.182. The van der Waals surface area contributed by atoms with Gasteiger partial charge < -0.3 is 5.11 Å². The topological polar surface area (TPSA) is 58.9 Å². The van der Waals surface area contributed by atoms with Crippen molar-refractivity contribution in [1.29, 1.82) is 0 Å². The van der Waals surface area contributed by atoms with E-state index in [9.17, 15) is 5.11 Å². The van der Waals surface area contributed by atoms with Crippen LogP contribution in [-0.2, 0) is 0 Å². The zero-order chi connectivity index (χ0) is 11.4. The molecule has 0 unspecified atom stereocenters. The van der Waals surface area contributed by atoms with Crippen LogP contribution in [0.15, 0.2) is 47.0 Å². The summed E-state index contributed by atoms with van der Waals surface area (Å²) in [6.45, 7) is 1.71. The van der Waals surface area contributed by atoms with Crippen molar-refractivity contribution in [2.45, 2.75) is 23.1 Å². The molecular weight excluding hydrogens is 222 g/mol. The zero-order valence-electron chi connectivity index (χ0n) is 8.74. The molecule has 2 aromatic heterocycles. The monoisotopic (exact) mass is 233 g/mol. The average molecular weight is 233 g/mol. The first-order valence-corrected chi connectivity index (χ1v) is 5.65. The van der Waals surface area contributed by atoms with Crippen molar-refractivity contribution < 1.29 is 5.11 Å². The summed E-state index contributed by atoms with van der Waals surface area (Å²) in [7, 11) is 0. The van der Waals surface area contributed by atoms with Crippen LogP contribution in [0.5, 0.6) is 0 Å². The summed E-state index contributed by atoms with van der Waals surface area (Å²) in [6.07, 6.45) is 6.15. The summed E-state index contributed by atoms with van der Waals surface area (Å²) in [5, 5.41) is 11.0. The largest absolute Gasteiger partial charge is 0.389 e. The molecule has 5 heteroatoms. The van der Waals surface area contributed by atoms with Crippen molar-refractivity contribution in [2.24, 2.45) is 0 Å². The Morgan fingerprint density at radius 1 is 1.12 bits per heavy atom. The molecule has 0 radical (unpaired) electrons. The number of aliphatic hydroxyl groups excluding tert-OH is 1. The molecular formula is C11H11N3OS. The number of nitrogens with zero attached hydrogens (tertiary/aromatic N) is 3. The maximum atomic E-state index is 9.34. The van der Waals surface area contributed by atoms with E-state index in [2.05, 4.69) is 15.0 Å². The number of aromatic nitrogens is 3. The average Bonchev–Trinajstić information content (AvgIpc) is 2.31. The van der Waals surface area contributed by atoms with Crippen LogP contribution in [-0.4, -0.2) is 20.1 Å². The van der Waals surface area contributed by atoms with Gasteiger partial charge in [-0.05, 0) is 30.3 Å². The molecule has 0 saturated carbocycles. The fourth-order valence-electron chi connectivity index (χ4n) is 1.14. The lowest BCUT2D eigenvalue weighted by Gasteiger charge is -2.04. The Labute approximate surface area is 97.8 Å². The SMILES string of the molecule is C[C@H](O)c1ccc(Sc2cnccn2)nc1. The van der Waals surface area contributed by atoms with Crippen molar-refractivity contribution >= 4 is 11.8 Å². The summed E-state index contributed by atoms with van der Waals surface area (Å²) < 4.78 is 0. The molecule has 0 fully saturated rings. The molecule has 82 valence electrons. The van der Waals surface area contributed by atoms with Gasteiger partial charge in [-0.3, -0.25) is 4.98 Å². The highest BCUT2D eigenvalue weighted by Gasteiger charge is 2.03. The molecule has 2 heterocycles. The molecule has 0 aliphatic carbocycles. The molecule has 16 heavy (non-hydrogen) atoms. The van der Waals surface area contributed by atoms with Crippen LogP contribution in [0.25, 0.3) is 0 Å². The summed E-state index contributed by atoms with van der Waals surface area (Å²) in [6, 6.07) is 3.72.